The molecular formula is C28H56O2. The van der Waals surface area contributed by atoms with Gasteiger partial charge in [-0.05, 0) is 25.2 Å². The van der Waals surface area contributed by atoms with Crippen molar-refractivity contribution in [2.45, 2.75) is 156 Å². The van der Waals surface area contributed by atoms with E-state index in [0.717, 1.165) is 6.42 Å². The lowest BCUT2D eigenvalue weighted by Crippen LogP contribution is -2.19. The van der Waals surface area contributed by atoms with E-state index in [0.29, 0.717) is 12.5 Å². The number of unbranched alkanes of at least 4 members (excludes halogenated alkanes) is 14. The van der Waals surface area contributed by atoms with Gasteiger partial charge in [-0.25, -0.2) is 0 Å². The first-order valence-electron chi connectivity index (χ1n) is 13.8. The Morgan fingerprint density at radius 2 is 0.967 bits per heavy atom. The average Bonchev–Trinajstić information content (AvgIpc) is 2.75. The normalized spacial score (nSPS) is 13.3. The predicted molar refractivity (Wildman–Crippen MR) is 133 cm³/mol. The summed E-state index contributed by atoms with van der Waals surface area (Å²) in [6.45, 7) is 9.50. The molecule has 0 aliphatic rings. The minimum absolute atomic E-state index is 0.0407. The smallest absolute Gasteiger partial charge is 0.308 e. The van der Waals surface area contributed by atoms with Crippen LogP contribution < -0.4 is 0 Å². The van der Waals surface area contributed by atoms with Crippen molar-refractivity contribution in [3.05, 3.63) is 0 Å². The van der Waals surface area contributed by atoms with Gasteiger partial charge < -0.3 is 4.74 Å². The minimum atomic E-state index is 0.0407. The van der Waals surface area contributed by atoms with Crippen molar-refractivity contribution in [1.29, 1.82) is 0 Å². The molecule has 2 heteroatoms. The molecule has 0 heterocycles. The Hall–Kier alpha value is -0.530. The Bertz CT molecular complexity index is 353. The van der Waals surface area contributed by atoms with Crippen LogP contribution in [-0.4, -0.2) is 12.6 Å². The van der Waals surface area contributed by atoms with Crippen molar-refractivity contribution < 1.29 is 9.53 Å². The molecule has 0 saturated heterocycles. The van der Waals surface area contributed by atoms with Gasteiger partial charge in [0.2, 0.25) is 0 Å². The van der Waals surface area contributed by atoms with E-state index in [1.54, 1.807) is 0 Å². The predicted octanol–water partition coefficient (Wildman–Crippen LogP) is 9.64. The van der Waals surface area contributed by atoms with Crippen molar-refractivity contribution in [2.75, 3.05) is 6.61 Å². The van der Waals surface area contributed by atoms with Crippen LogP contribution in [0.4, 0.5) is 0 Å². The largest absolute Gasteiger partial charge is 0.465 e. The van der Waals surface area contributed by atoms with Crippen molar-refractivity contribution >= 4 is 5.97 Å². The maximum atomic E-state index is 12.4. The van der Waals surface area contributed by atoms with Crippen LogP contribution in [-0.2, 0) is 9.53 Å². The summed E-state index contributed by atoms with van der Waals surface area (Å²) >= 11 is 0. The van der Waals surface area contributed by atoms with E-state index in [1.807, 2.05) is 0 Å². The van der Waals surface area contributed by atoms with E-state index in [4.69, 9.17) is 4.74 Å². The van der Waals surface area contributed by atoms with Crippen LogP contribution in [0.1, 0.15) is 156 Å². The van der Waals surface area contributed by atoms with Gasteiger partial charge in [-0.2, -0.15) is 0 Å². The number of esters is 1. The molecule has 2 nitrogen and oxygen atoms in total. The molecule has 0 aromatic heterocycles. The zero-order valence-corrected chi connectivity index (χ0v) is 21.3. The average molecular weight is 425 g/mol. The molecule has 0 spiro atoms. The summed E-state index contributed by atoms with van der Waals surface area (Å²) in [6, 6.07) is 0. The molecular weight excluding hydrogens is 368 g/mol. The van der Waals surface area contributed by atoms with Crippen molar-refractivity contribution in [1.82, 2.24) is 0 Å². The third-order valence-electron chi connectivity index (χ3n) is 6.54. The number of ether oxygens (including phenoxy) is 1. The first-order valence-corrected chi connectivity index (χ1v) is 13.8. The highest BCUT2D eigenvalue weighted by atomic mass is 16.5. The van der Waals surface area contributed by atoms with Crippen LogP contribution in [0.2, 0.25) is 0 Å². The molecule has 0 N–H and O–H groups in total. The van der Waals surface area contributed by atoms with Gasteiger partial charge >= 0.3 is 5.97 Å². The van der Waals surface area contributed by atoms with Gasteiger partial charge in [0.15, 0.2) is 0 Å². The zero-order valence-electron chi connectivity index (χ0n) is 21.3. The summed E-state index contributed by atoms with van der Waals surface area (Å²) in [6.07, 6.45) is 26.0. The Labute approximate surface area is 190 Å². The van der Waals surface area contributed by atoms with Crippen LogP contribution in [0.3, 0.4) is 0 Å². The maximum absolute atomic E-state index is 12.4. The SMILES string of the molecule is CCCCCCCCCCC(C)C(=O)OCC(CCCC)CCCCCCCCC. The Morgan fingerprint density at radius 1 is 0.567 bits per heavy atom. The molecule has 0 aromatic carbocycles. The number of carbonyl (C=O) groups is 1. The van der Waals surface area contributed by atoms with E-state index in [2.05, 4.69) is 27.7 Å². The Balaban J connectivity index is 3.87. The molecule has 0 fully saturated rings. The van der Waals surface area contributed by atoms with E-state index in [1.165, 1.54) is 122 Å². The highest BCUT2D eigenvalue weighted by Crippen LogP contribution is 2.20. The van der Waals surface area contributed by atoms with E-state index >= 15 is 0 Å². The summed E-state index contributed by atoms with van der Waals surface area (Å²) < 4.78 is 5.76. The summed E-state index contributed by atoms with van der Waals surface area (Å²) in [7, 11) is 0. The topological polar surface area (TPSA) is 26.3 Å². The Morgan fingerprint density at radius 3 is 1.47 bits per heavy atom. The third-order valence-corrected chi connectivity index (χ3v) is 6.54. The molecule has 0 aromatic rings. The minimum Gasteiger partial charge on any atom is -0.465 e. The number of hydrogen-bond acceptors (Lipinski definition) is 2. The Kier molecular flexibility index (Phi) is 22.7. The lowest BCUT2D eigenvalue weighted by Gasteiger charge is -2.18. The summed E-state index contributed by atoms with van der Waals surface area (Å²) in [5.74, 6) is 0.675. The van der Waals surface area contributed by atoms with Gasteiger partial charge in [-0.15, -0.1) is 0 Å². The highest BCUT2D eigenvalue weighted by molar-refractivity contribution is 5.71. The van der Waals surface area contributed by atoms with Crippen molar-refractivity contribution in [3.8, 4) is 0 Å². The van der Waals surface area contributed by atoms with Crippen LogP contribution >= 0.6 is 0 Å². The first kappa shape index (κ1) is 29.5. The van der Waals surface area contributed by atoms with Crippen LogP contribution in [0.25, 0.3) is 0 Å². The maximum Gasteiger partial charge on any atom is 0.308 e. The second-order valence-electron chi connectivity index (χ2n) is 9.71. The second-order valence-corrected chi connectivity index (χ2v) is 9.71. The molecule has 2 atom stereocenters. The van der Waals surface area contributed by atoms with E-state index in [-0.39, 0.29) is 11.9 Å². The standard InChI is InChI=1S/C28H56O2/c1-5-8-11-13-15-17-18-20-22-26(4)28(29)30-25-27(23-10-7-3)24-21-19-16-14-12-9-6-2/h26-27H,5-25H2,1-4H3. The lowest BCUT2D eigenvalue weighted by atomic mass is 9.95. The number of carbonyl (C=O) groups excluding carboxylic acids is 1. The summed E-state index contributed by atoms with van der Waals surface area (Å²) in [4.78, 5) is 12.4. The van der Waals surface area contributed by atoms with Crippen LogP contribution in [0.15, 0.2) is 0 Å². The van der Waals surface area contributed by atoms with Gasteiger partial charge in [-0.3, -0.25) is 4.79 Å². The monoisotopic (exact) mass is 424 g/mol. The van der Waals surface area contributed by atoms with Gasteiger partial charge in [-0.1, -0.05) is 137 Å². The first-order chi connectivity index (χ1) is 14.7. The quantitative estimate of drug-likeness (QED) is 0.120. The lowest BCUT2D eigenvalue weighted by molar-refractivity contribution is -0.149. The molecule has 0 aliphatic heterocycles. The zero-order chi connectivity index (χ0) is 22.3. The van der Waals surface area contributed by atoms with Gasteiger partial charge in [0, 0.05) is 0 Å². The van der Waals surface area contributed by atoms with E-state index in [9.17, 15) is 4.79 Å². The van der Waals surface area contributed by atoms with Gasteiger partial charge in [0.25, 0.3) is 0 Å². The number of rotatable bonds is 23. The molecule has 0 bridgehead atoms. The molecule has 0 amide bonds. The fraction of sp³-hybridized carbons (Fsp3) is 0.964. The van der Waals surface area contributed by atoms with Gasteiger partial charge in [0.05, 0.1) is 12.5 Å². The molecule has 180 valence electrons. The third kappa shape index (κ3) is 19.4. The molecule has 0 rings (SSSR count). The molecule has 30 heavy (non-hydrogen) atoms. The van der Waals surface area contributed by atoms with Crippen molar-refractivity contribution in [2.24, 2.45) is 11.8 Å². The molecule has 0 saturated carbocycles. The number of hydrogen-bond donors (Lipinski definition) is 0. The summed E-state index contributed by atoms with van der Waals surface area (Å²) in [5, 5.41) is 0. The molecule has 0 radical (unpaired) electrons. The summed E-state index contributed by atoms with van der Waals surface area (Å²) in [5.41, 5.74) is 0. The van der Waals surface area contributed by atoms with E-state index < -0.39 is 0 Å². The van der Waals surface area contributed by atoms with Gasteiger partial charge in [0.1, 0.15) is 0 Å². The molecule has 0 aliphatic carbocycles. The highest BCUT2D eigenvalue weighted by Gasteiger charge is 2.17. The molecule has 2 unspecified atom stereocenters. The fourth-order valence-electron chi connectivity index (χ4n) is 4.24. The van der Waals surface area contributed by atoms with Crippen molar-refractivity contribution in [3.63, 3.8) is 0 Å². The fourth-order valence-corrected chi connectivity index (χ4v) is 4.24. The van der Waals surface area contributed by atoms with Crippen LogP contribution in [0, 0.1) is 11.8 Å². The second kappa shape index (κ2) is 23.1. The van der Waals surface area contributed by atoms with Crippen LogP contribution in [0.5, 0.6) is 0 Å².